The van der Waals surface area contributed by atoms with Gasteiger partial charge in [0.1, 0.15) is 11.5 Å². The first-order chi connectivity index (χ1) is 14.0. The Morgan fingerprint density at radius 1 is 1.00 bits per heavy atom. The van der Waals surface area contributed by atoms with E-state index in [9.17, 15) is 14.7 Å². The number of methoxy groups -OCH3 is 3. The second-order valence-electron chi connectivity index (χ2n) is 6.49. The van der Waals surface area contributed by atoms with Crippen LogP contribution in [0.15, 0.2) is 60.2 Å². The van der Waals surface area contributed by atoms with Crippen LogP contribution in [0.4, 0.5) is 0 Å². The lowest BCUT2D eigenvalue weighted by atomic mass is 9.95. The van der Waals surface area contributed by atoms with Crippen LogP contribution in [-0.2, 0) is 19.1 Å². The van der Waals surface area contributed by atoms with Crippen LogP contribution in [0.2, 0.25) is 0 Å². The third-order valence-electron chi connectivity index (χ3n) is 4.89. The Bertz CT molecular complexity index is 903. The number of likely N-dealkylation sites (tertiary alicyclic amines) is 1. The molecule has 2 aromatic carbocycles. The molecule has 0 saturated carbocycles. The zero-order valence-corrected chi connectivity index (χ0v) is 16.5. The lowest BCUT2D eigenvalue weighted by molar-refractivity contribution is -0.149. The van der Waals surface area contributed by atoms with Gasteiger partial charge in [-0.25, -0.2) is 0 Å². The summed E-state index contributed by atoms with van der Waals surface area (Å²) in [5.74, 6) is -1.09. The SMILES string of the molecule is COc1ccc(/C(O)=C2\C(=O)C(=O)N(CC(OC)OC)C2c2ccccc2)cc1. The molecule has 0 radical (unpaired) electrons. The van der Waals surface area contributed by atoms with E-state index in [1.807, 2.05) is 18.2 Å². The minimum atomic E-state index is -0.758. The third-order valence-corrected chi connectivity index (χ3v) is 4.89. The van der Waals surface area contributed by atoms with Crippen molar-refractivity contribution in [1.29, 1.82) is 0 Å². The Labute approximate surface area is 169 Å². The van der Waals surface area contributed by atoms with Crippen LogP contribution in [0.5, 0.6) is 5.75 Å². The number of carbonyl (C=O) groups excluding carboxylic acids is 2. The second kappa shape index (κ2) is 8.89. The predicted octanol–water partition coefficient (Wildman–Crippen LogP) is 2.74. The topological polar surface area (TPSA) is 85.3 Å². The molecule has 1 N–H and O–H groups in total. The first kappa shape index (κ1) is 20.6. The first-order valence-corrected chi connectivity index (χ1v) is 9.05. The van der Waals surface area contributed by atoms with E-state index in [0.29, 0.717) is 16.9 Å². The molecular formula is C22H23NO6. The molecule has 29 heavy (non-hydrogen) atoms. The van der Waals surface area contributed by atoms with Gasteiger partial charge in [0.2, 0.25) is 0 Å². The van der Waals surface area contributed by atoms with Crippen molar-refractivity contribution in [2.75, 3.05) is 27.9 Å². The Balaban J connectivity index is 2.12. The highest BCUT2D eigenvalue weighted by atomic mass is 16.7. The van der Waals surface area contributed by atoms with Crippen LogP contribution in [0.3, 0.4) is 0 Å². The van der Waals surface area contributed by atoms with Crippen molar-refractivity contribution in [3.63, 3.8) is 0 Å². The molecule has 1 saturated heterocycles. The smallest absolute Gasteiger partial charge is 0.295 e. The molecule has 0 spiro atoms. The van der Waals surface area contributed by atoms with Gasteiger partial charge in [0.25, 0.3) is 11.7 Å². The van der Waals surface area contributed by atoms with Gasteiger partial charge in [0.05, 0.1) is 25.3 Å². The summed E-state index contributed by atoms with van der Waals surface area (Å²) in [6.07, 6.45) is -0.708. The fourth-order valence-corrected chi connectivity index (χ4v) is 3.36. The summed E-state index contributed by atoms with van der Waals surface area (Å²) in [6.45, 7) is 0.0382. The molecule has 1 atom stereocenters. The van der Waals surface area contributed by atoms with Crippen molar-refractivity contribution < 1.29 is 28.9 Å². The van der Waals surface area contributed by atoms with Crippen LogP contribution in [0.1, 0.15) is 17.2 Å². The summed E-state index contributed by atoms with van der Waals surface area (Å²) in [4.78, 5) is 27.0. The number of hydrogen-bond donors (Lipinski definition) is 1. The van der Waals surface area contributed by atoms with Crippen molar-refractivity contribution >= 4 is 17.4 Å². The van der Waals surface area contributed by atoms with Crippen LogP contribution in [0, 0.1) is 0 Å². The molecule has 1 aliphatic rings. The van der Waals surface area contributed by atoms with Gasteiger partial charge in [-0.1, -0.05) is 30.3 Å². The quantitative estimate of drug-likeness (QED) is 0.335. The van der Waals surface area contributed by atoms with Crippen molar-refractivity contribution in [3.8, 4) is 5.75 Å². The number of aliphatic hydroxyl groups is 1. The largest absolute Gasteiger partial charge is 0.507 e. The molecule has 3 rings (SSSR count). The summed E-state index contributed by atoms with van der Waals surface area (Å²) in [5.41, 5.74) is 1.14. The van der Waals surface area contributed by atoms with Gasteiger partial charge in [-0.3, -0.25) is 9.59 Å². The number of rotatable bonds is 7. The van der Waals surface area contributed by atoms with Gasteiger partial charge in [-0.05, 0) is 29.8 Å². The number of benzene rings is 2. The van der Waals surface area contributed by atoms with Crippen molar-refractivity contribution in [2.24, 2.45) is 0 Å². The maximum absolute atomic E-state index is 12.9. The number of ketones is 1. The highest BCUT2D eigenvalue weighted by Gasteiger charge is 2.46. The fourth-order valence-electron chi connectivity index (χ4n) is 3.36. The van der Waals surface area contributed by atoms with E-state index in [2.05, 4.69) is 0 Å². The summed E-state index contributed by atoms with van der Waals surface area (Å²) < 4.78 is 15.6. The monoisotopic (exact) mass is 397 g/mol. The van der Waals surface area contributed by atoms with Crippen LogP contribution in [-0.4, -0.2) is 55.9 Å². The van der Waals surface area contributed by atoms with Crippen LogP contribution in [0.25, 0.3) is 5.76 Å². The number of carbonyl (C=O) groups is 2. The van der Waals surface area contributed by atoms with Crippen molar-refractivity contribution in [2.45, 2.75) is 12.3 Å². The van der Waals surface area contributed by atoms with Gasteiger partial charge in [0, 0.05) is 19.8 Å². The van der Waals surface area contributed by atoms with E-state index in [1.165, 1.54) is 26.2 Å². The highest BCUT2D eigenvalue weighted by molar-refractivity contribution is 6.46. The lowest BCUT2D eigenvalue weighted by Crippen LogP contribution is -2.38. The number of Topliss-reactive ketones (excluding diaryl/α,β-unsaturated/α-hetero) is 1. The average molecular weight is 397 g/mol. The first-order valence-electron chi connectivity index (χ1n) is 9.05. The minimum Gasteiger partial charge on any atom is -0.507 e. The highest BCUT2D eigenvalue weighted by Crippen LogP contribution is 2.39. The van der Waals surface area contributed by atoms with Gasteiger partial charge < -0.3 is 24.2 Å². The fraction of sp³-hybridized carbons (Fsp3) is 0.273. The predicted molar refractivity (Wildman–Crippen MR) is 106 cm³/mol. The summed E-state index contributed by atoms with van der Waals surface area (Å²) >= 11 is 0. The zero-order valence-electron chi connectivity index (χ0n) is 16.5. The molecule has 152 valence electrons. The molecule has 7 heteroatoms. The molecule has 0 aromatic heterocycles. The molecule has 2 aromatic rings. The maximum Gasteiger partial charge on any atom is 0.295 e. The Morgan fingerprint density at radius 2 is 1.62 bits per heavy atom. The van der Waals surface area contributed by atoms with E-state index in [4.69, 9.17) is 14.2 Å². The summed E-state index contributed by atoms with van der Waals surface area (Å²) in [7, 11) is 4.46. The van der Waals surface area contributed by atoms with E-state index in [1.54, 1.807) is 36.4 Å². The standard InChI is InChI=1S/C22H23NO6/c1-27-16-11-9-15(10-12-16)20(24)18-19(14-7-5-4-6-8-14)23(22(26)21(18)25)13-17(28-2)29-3/h4-12,17,19,24H,13H2,1-3H3/b20-18+. The van der Waals surface area contributed by atoms with Gasteiger partial charge in [-0.2, -0.15) is 0 Å². The molecule has 0 aliphatic carbocycles. The zero-order chi connectivity index (χ0) is 21.0. The Hall–Kier alpha value is -3.16. The molecule has 1 aliphatic heterocycles. The molecule has 7 nitrogen and oxygen atoms in total. The molecule has 1 unspecified atom stereocenters. The number of nitrogens with zero attached hydrogens (tertiary/aromatic N) is 1. The maximum atomic E-state index is 12.9. The number of aliphatic hydroxyl groups excluding tert-OH is 1. The summed E-state index contributed by atoms with van der Waals surface area (Å²) in [6, 6.07) is 14.9. The van der Waals surface area contributed by atoms with Crippen molar-refractivity contribution in [3.05, 3.63) is 71.3 Å². The van der Waals surface area contributed by atoms with E-state index in [0.717, 1.165) is 0 Å². The Morgan fingerprint density at radius 3 is 2.17 bits per heavy atom. The number of ether oxygens (including phenoxy) is 3. The minimum absolute atomic E-state index is 0.0253. The van der Waals surface area contributed by atoms with Gasteiger partial charge >= 0.3 is 0 Å². The number of hydrogen-bond acceptors (Lipinski definition) is 6. The molecule has 1 heterocycles. The van der Waals surface area contributed by atoms with Crippen molar-refractivity contribution in [1.82, 2.24) is 4.90 Å². The Kier molecular flexibility index (Phi) is 6.31. The van der Waals surface area contributed by atoms with Crippen LogP contribution >= 0.6 is 0 Å². The lowest BCUT2D eigenvalue weighted by Gasteiger charge is -2.28. The second-order valence-corrected chi connectivity index (χ2v) is 6.49. The van der Waals surface area contributed by atoms with Gasteiger partial charge in [-0.15, -0.1) is 0 Å². The van der Waals surface area contributed by atoms with Crippen LogP contribution < -0.4 is 4.74 Å². The van der Waals surface area contributed by atoms with Gasteiger partial charge in [0.15, 0.2) is 6.29 Å². The summed E-state index contributed by atoms with van der Waals surface area (Å²) in [5, 5.41) is 10.9. The average Bonchev–Trinajstić information content (AvgIpc) is 3.02. The van der Waals surface area contributed by atoms with E-state index in [-0.39, 0.29) is 17.9 Å². The molecular weight excluding hydrogens is 374 g/mol. The van der Waals surface area contributed by atoms with E-state index >= 15 is 0 Å². The molecule has 1 fully saturated rings. The molecule has 0 bridgehead atoms. The number of amides is 1. The van der Waals surface area contributed by atoms with E-state index < -0.39 is 24.0 Å². The third kappa shape index (κ3) is 4.01. The normalized spacial score (nSPS) is 18.5. The molecule has 1 amide bonds.